The average Bonchev–Trinajstić information content (AvgIpc) is 3.13. The van der Waals surface area contributed by atoms with Gasteiger partial charge in [0.25, 0.3) is 11.4 Å². The normalized spacial score (nSPS) is 11.7. The van der Waals surface area contributed by atoms with Gasteiger partial charge in [0.2, 0.25) is 4.80 Å². The Balaban J connectivity index is 2.01. The number of non-ortho nitro benzene ring substituents is 2. The predicted octanol–water partition coefficient (Wildman–Crippen LogP) is 4.00. The summed E-state index contributed by atoms with van der Waals surface area (Å²) in [5.74, 6) is 0. The van der Waals surface area contributed by atoms with Crippen molar-refractivity contribution in [3.63, 3.8) is 0 Å². The summed E-state index contributed by atoms with van der Waals surface area (Å²) in [4.78, 5) is 25.8. The molecule has 29 heavy (non-hydrogen) atoms. The molecule has 1 heterocycles. The maximum atomic E-state index is 10.9. The van der Waals surface area contributed by atoms with E-state index in [1.165, 1.54) is 35.6 Å². The van der Waals surface area contributed by atoms with E-state index in [2.05, 4.69) is 16.7 Å². The van der Waals surface area contributed by atoms with Gasteiger partial charge in [0.15, 0.2) is 0 Å². The fourth-order valence-electron chi connectivity index (χ4n) is 2.42. The highest BCUT2D eigenvalue weighted by atomic mass is 32.1. The number of thiazole rings is 1. The standard InChI is InChI=1S/C19H15N5O4S/c1-2-11-20-19-22(21-12-14-3-7-16(8-4-14)23(25)26)18(13-29-19)15-5-9-17(10-6-15)24(27)28/h2-10,12-13H,1,11H2. The van der Waals surface area contributed by atoms with Crippen LogP contribution in [0, 0.1) is 20.2 Å². The summed E-state index contributed by atoms with van der Waals surface area (Å²) in [6.45, 7) is 4.07. The van der Waals surface area contributed by atoms with E-state index in [0.717, 1.165) is 5.56 Å². The quantitative estimate of drug-likeness (QED) is 0.254. The second-order valence-corrected chi connectivity index (χ2v) is 6.58. The molecule has 0 aliphatic rings. The van der Waals surface area contributed by atoms with Crippen LogP contribution in [0.3, 0.4) is 0 Å². The first-order chi connectivity index (χ1) is 14.0. The fourth-order valence-corrected chi connectivity index (χ4v) is 3.27. The number of aromatic nitrogens is 1. The minimum atomic E-state index is -0.465. The lowest BCUT2D eigenvalue weighted by Crippen LogP contribution is -2.12. The Morgan fingerprint density at radius 3 is 2.14 bits per heavy atom. The average molecular weight is 409 g/mol. The summed E-state index contributed by atoms with van der Waals surface area (Å²) >= 11 is 1.37. The number of nitrogens with zero attached hydrogens (tertiary/aromatic N) is 5. The van der Waals surface area contributed by atoms with Crippen LogP contribution in [0.15, 0.2) is 76.7 Å². The molecule has 0 fully saturated rings. The molecule has 2 aromatic carbocycles. The van der Waals surface area contributed by atoms with Gasteiger partial charge in [-0.1, -0.05) is 6.08 Å². The van der Waals surface area contributed by atoms with Crippen LogP contribution < -0.4 is 4.80 Å². The van der Waals surface area contributed by atoms with Crippen molar-refractivity contribution in [2.24, 2.45) is 10.1 Å². The number of nitro groups is 2. The third kappa shape index (κ3) is 4.68. The van der Waals surface area contributed by atoms with E-state index in [1.54, 1.807) is 41.2 Å². The maximum absolute atomic E-state index is 10.9. The number of nitro benzene ring substituents is 2. The molecule has 0 aliphatic heterocycles. The first-order valence-electron chi connectivity index (χ1n) is 8.35. The zero-order valence-corrected chi connectivity index (χ0v) is 15.9. The van der Waals surface area contributed by atoms with Gasteiger partial charge in [-0.2, -0.15) is 5.10 Å². The second kappa shape index (κ2) is 8.85. The van der Waals surface area contributed by atoms with Crippen molar-refractivity contribution in [3.05, 3.63) is 97.2 Å². The van der Waals surface area contributed by atoms with Crippen molar-refractivity contribution in [2.45, 2.75) is 0 Å². The lowest BCUT2D eigenvalue weighted by molar-refractivity contribution is -0.385. The van der Waals surface area contributed by atoms with Gasteiger partial charge in [-0.15, -0.1) is 17.9 Å². The summed E-state index contributed by atoms with van der Waals surface area (Å²) in [5, 5.41) is 28.0. The van der Waals surface area contributed by atoms with E-state index in [-0.39, 0.29) is 11.4 Å². The topological polar surface area (TPSA) is 116 Å². The summed E-state index contributed by atoms with van der Waals surface area (Å²) in [6, 6.07) is 12.2. The molecule has 0 bridgehead atoms. The lowest BCUT2D eigenvalue weighted by Gasteiger charge is -2.03. The van der Waals surface area contributed by atoms with E-state index in [1.807, 2.05) is 5.38 Å². The van der Waals surface area contributed by atoms with Crippen LogP contribution >= 0.6 is 11.3 Å². The molecule has 3 aromatic rings. The molecule has 0 unspecified atom stereocenters. The highest BCUT2D eigenvalue weighted by Crippen LogP contribution is 2.23. The predicted molar refractivity (Wildman–Crippen MR) is 111 cm³/mol. The second-order valence-electron chi connectivity index (χ2n) is 5.74. The van der Waals surface area contributed by atoms with Crippen molar-refractivity contribution < 1.29 is 9.85 Å². The van der Waals surface area contributed by atoms with Crippen LogP contribution in [0.1, 0.15) is 5.56 Å². The van der Waals surface area contributed by atoms with Crippen LogP contribution in [0.4, 0.5) is 11.4 Å². The molecule has 0 saturated carbocycles. The monoisotopic (exact) mass is 409 g/mol. The molecule has 3 rings (SSSR count). The number of hydrogen-bond acceptors (Lipinski definition) is 7. The Morgan fingerprint density at radius 1 is 1.00 bits per heavy atom. The van der Waals surface area contributed by atoms with Crippen molar-refractivity contribution in [3.8, 4) is 11.3 Å². The SMILES string of the molecule is C=CCN=c1scc(-c2ccc([N+](=O)[O-])cc2)n1N=Cc1ccc([N+](=O)[O-])cc1. The summed E-state index contributed by atoms with van der Waals surface area (Å²) in [5.41, 5.74) is 2.14. The largest absolute Gasteiger partial charge is 0.269 e. The van der Waals surface area contributed by atoms with Crippen molar-refractivity contribution in [1.29, 1.82) is 0 Å². The summed E-state index contributed by atoms with van der Waals surface area (Å²) in [7, 11) is 0. The molecule has 9 nitrogen and oxygen atoms in total. The summed E-state index contributed by atoms with van der Waals surface area (Å²) < 4.78 is 1.62. The van der Waals surface area contributed by atoms with Gasteiger partial charge in [0, 0.05) is 35.2 Å². The lowest BCUT2D eigenvalue weighted by atomic mass is 10.1. The fraction of sp³-hybridized carbons (Fsp3) is 0.0526. The minimum absolute atomic E-state index is 0.00132. The molecular weight excluding hydrogens is 394 g/mol. The third-order valence-electron chi connectivity index (χ3n) is 3.84. The Morgan fingerprint density at radius 2 is 1.59 bits per heavy atom. The van der Waals surface area contributed by atoms with Crippen LogP contribution in [0.2, 0.25) is 0 Å². The highest BCUT2D eigenvalue weighted by molar-refractivity contribution is 7.07. The summed E-state index contributed by atoms with van der Waals surface area (Å²) in [6.07, 6.45) is 3.23. The van der Waals surface area contributed by atoms with Gasteiger partial charge in [0.05, 0.1) is 28.3 Å². The van der Waals surface area contributed by atoms with Crippen LogP contribution in [0.5, 0.6) is 0 Å². The minimum Gasteiger partial charge on any atom is -0.258 e. The van der Waals surface area contributed by atoms with E-state index < -0.39 is 9.85 Å². The number of rotatable bonds is 7. The molecule has 0 amide bonds. The van der Waals surface area contributed by atoms with Gasteiger partial charge in [0.1, 0.15) is 0 Å². The van der Waals surface area contributed by atoms with Crippen LogP contribution in [-0.4, -0.2) is 27.3 Å². The van der Waals surface area contributed by atoms with Crippen molar-refractivity contribution in [2.75, 3.05) is 6.54 Å². The molecule has 0 atom stereocenters. The first kappa shape index (κ1) is 19.8. The zero-order chi connectivity index (χ0) is 20.8. The Bertz CT molecular complexity index is 1140. The van der Waals surface area contributed by atoms with Crippen LogP contribution in [-0.2, 0) is 0 Å². The van der Waals surface area contributed by atoms with Gasteiger partial charge in [-0.05, 0) is 29.8 Å². The van der Waals surface area contributed by atoms with Crippen molar-refractivity contribution >= 4 is 28.9 Å². The van der Waals surface area contributed by atoms with E-state index in [9.17, 15) is 20.2 Å². The molecule has 0 spiro atoms. The third-order valence-corrected chi connectivity index (χ3v) is 4.70. The smallest absolute Gasteiger partial charge is 0.258 e. The molecule has 146 valence electrons. The molecule has 1 aromatic heterocycles. The van der Waals surface area contributed by atoms with E-state index in [0.29, 0.717) is 22.6 Å². The van der Waals surface area contributed by atoms with E-state index in [4.69, 9.17) is 0 Å². The molecule has 0 aliphatic carbocycles. The maximum Gasteiger partial charge on any atom is 0.269 e. The van der Waals surface area contributed by atoms with Gasteiger partial charge >= 0.3 is 0 Å². The Labute approximate surface area is 168 Å². The van der Waals surface area contributed by atoms with Gasteiger partial charge < -0.3 is 0 Å². The van der Waals surface area contributed by atoms with Gasteiger partial charge in [-0.3, -0.25) is 25.2 Å². The Kier molecular flexibility index (Phi) is 6.05. The van der Waals surface area contributed by atoms with Gasteiger partial charge in [-0.25, -0.2) is 4.68 Å². The van der Waals surface area contributed by atoms with E-state index >= 15 is 0 Å². The van der Waals surface area contributed by atoms with Crippen LogP contribution in [0.25, 0.3) is 11.3 Å². The van der Waals surface area contributed by atoms with Crippen molar-refractivity contribution in [1.82, 2.24) is 4.68 Å². The molecular formula is C19H15N5O4S. The molecule has 0 radical (unpaired) electrons. The molecule has 0 saturated heterocycles. The molecule has 0 N–H and O–H groups in total. The highest BCUT2D eigenvalue weighted by Gasteiger charge is 2.10. The molecule has 10 heteroatoms. The number of hydrogen-bond donors (Lipinski definition) is 0. The first-order valence-corrected chi connectivity index (χ1v) is 9.23. The number of benzene rings is 2. The Hall–Kier alpha value is -3.92. The zero-order valence-electron chi connectivity index (χ0n) is 15.0.